The van der Waals surface area contributed by atoms with Gasteiger partial charge in [-0.3, -0.25) is 4.79 Å². The number of nitrogens with zero attached hydrogens (tertiary/aromatic N) is 1. The molecule has 25 heavy (non-hydrogen) atoms. The number of aliphatic hydroxyl groups excluding tert-OH is 1. The number of halogens is 1. The molecule has 1 amide bonds. The van der Waals surface area contributed by atoms with Crippen LogP contribution in [0.4, 0.5) is 4.39 Å². The highest BCUT2D eigenvalue weighted by Gasteiger charge is 2.33. The molecular weight excluding hydrogens is 327 g/mol. The molecule has 1 aliphatic carbocycles. The van der Waals surface area contributed by atoms with Gasteiger partial charge >= 0.3 is 0 Å². The van der Waals surface area contributed by atoms with Gasteiger partial charge in [0.1, 0.15) is 23.4 Å². The third kappa shape index (κ3) is 4.17. The first kappa shape index (κ1) is 17.4. The SMILES string of the molecule is Cc1ocnc1C(=O)NC[C@H]1CCC[C@@H](Oc2ccc(F)cc2)[C@@H]1O. The maximum Gasteiger partial charge on any atom is 0.273 e. The lowest BCUT2D eigenvalue weighted by molar-refractivity contribution is -0.0301. The zero-order chi connectivity index (χ0) is 17.8. The third-order valence-corrected chi connectivity index (χ3v) is 4.51. The first-order valence-corrected chi connectivity index (χ1v) is 8.33. The summed E-state index contributed by atoms with van der Waals surface area (Å²) in [6.07, 6.45) is 2.53. The molecule has 1 aromatic carbocycles. The van der Waals surface area contributed by atoms with Crippen LogP contribution in [0.1, 0.15) is 35.5 Å². The third-order valence-electron chi connectivity index (χ3n) is 4.51. The molecule has 7 heteroatoms. The topological polar surface area (TPSA) is 84.6 Å². The van der Waals surface area contributed by atoms with E-state index in [1.807, 2.05) is 0 Å². The number of oxazole rings is 1. The van der Waals surface area contributed by atoms with Gasteiger partial charge in [-0.2, -0.15) is 0 Å². The molecule has 0 spiro atoms. The van der Waals surface area contributed by atoms with Gasteiger partial charge in [-0.05, 0) is 50.5 Å². The molecule has 0 aliphatic heterocycles. The first-order chi connectivity index (χ1) is 12.0. The molecule has 1 aliphatic rings. The number of ether oxygens (including phenoxy) is 1. The zero-order valence-corrected chi connectivity index (χ0v) is 13.9. The summed E-state index contributed by atoms with van der Waals surface area (Å²) in [5, 5.41) is 13.3. The molecule has 2 aromatic rings. The number of benzene rings is 1. The maximum atomic E-state index is 13.0. The summed E-state index contributed by atoms with van der Waals surface area (Å²) in [6, 6.07) is 5.73. The van der Waals surface area contributed by atoms with Gasteiger partial charge in [0.25, 0.3) is 5.91 Å². The Hall–Kier alpha value is -2.41. The van der Waals surface area contributed by atoms with Crippen molar-refractivity contribution in [2.75, 3.05) is 6.54 Å². The van der Waals surface area contributed by atoms with Gasteiger partial charge in [0.05, 0.1) is 6.10 Å². The van der Waals surface area contributed by atoms with E-state index in [1.54, 1.807) is 19.1 Å². The Morgan fingerprint density at radius 3 is 2.84 bits per heavy atom. The molecule has 6 nitrogen and oxygen atoms in total. The van der Waals surface area contributed by atoms with Gasteiger partial charge in [0.2, 0.25) is 0 Å². The standard InChI is InChI=1S/C18H21FN2O4/c1-11-16(21-10-24-11)18(23)20-9-12-3-2-4-15(17(12)22)25-14-7-5-13(19)6-8-14/h5-8,10,12,15,17,22H,2-4,9H2,1H3,(H,20,23)/t12-,15-,17-/m1/s1. The van der Waals surface area contributed by atoms with Crippen molar-refractivity contribution < 1.29 is 23.4 Å². The average Bonchev–Trinajstić information content (AvgIpc) is 3.03. The van der Waals surface area contributed by atoms with E-state index in [2.05, 4.69) is 10.3 Å². The molecule has 3 rings (SSSR count). The van der Waals surface area contributed by atoms with E-state index < -0.39 is 6.10 Å². The van der Waals surface area contributed by atoms with Gasteiger partial charge < -0.3 is 19.6 Å². The Bertz CT molecular complexity index is 716. The normalized spacial score (nSPS) is 23.2. The van der Waals surface area contributed by atoms with Crippen molar-refractivity contribution in [3.63, 3.8) is 0 Å². The van der Waals surface area contributed by atoms with Crippen molar-refractivity contribution in [1.29, 1.82) is 0 Å². The number of rotatable bonds is 5. The highest BCUT2D eigenvalue weighted by atomic mass is 19.1. The lowest BCUT2D eigenvalue weighted by Gasteiger charge is -2.35. The molecule has 0 radical (unpaired) electrons. The molecule has 0 bridgehead atoms. The monoisotopic (exact) mass is 348 g/mol. The molecule has 134 valence electrons. The number of aromatic nitrogens is 1. The van der Waals surface area contributed by atoms with Crippen LogP contribution >= 0.6 is 0 Å². The lowest BCUT2D eigenvalue weighted by Crippen LogP contribution is -2.45. The van der Waals surface area contributed by atoms with Gasteiger partial charge in [-0.25, -0.2) is 9.37 Å². The van der Waals surface area contributed by atoms with Gasteiger partial charge in [-0.15, -0.1) is 0 Å². The van der Waals surface area contributed by atoms with Gasteiger partial charge in [-0.1, -0.05) is 0 Å². The van der Waals surface area contributed by atoms with Crippen molar-refractivity contribution in [2.24, 2.45) is 5.92 Å². The number of carbonyl (C=O) groups excluding carboxylic acids is 1. The number of amides is 1. The van der Waals surface area contributed by atoms with Crippen molar-refractivity contribution in [3.05, 3.63) is 47.9 Å². The molecule has 0 saturated heterocycles. The fraction of sp³-hybridized carbons (Fsp3) is 0.444. The summed E-state index contributed by atoms with van der Waals surface area (Å²) in [7, 11) is 0. The summed E-state index contributed by atoms with van der Waals surface area (Å²) in [6.45, 7) is 2.00. The highest BCUT2D eigenvalue weighted by Crippen LogP contribution is 2.28. The number of hydrogen-bond acceptors (Lipinski definition) is 5. The van der Waals surface area contributed by atoms with E-state index in [1.165, 1.54) is 18.5 Å². The lowest BCUT2D eigenvalue weighted by atomic mass is 9.84. The largest absolute Gasteiger partial charge is 0.488 e. The number of aliphatic hydroxyl groups is 1. The van der Waals surface area contributed by atoms with E-state index in [0.717, 1.165) is 12.8 Å². The van der Waals surface area contributed by atoms with Crippen LogP contribution in [0, 0.1) is 18.7 Å². The average molecular weight is 348 g/mol. The van der Waals surface area contributed by atoms with E-state index in [0.29, 0.717) is 24.5 Å². The first-order valence-electron chi connectivity index (χ1n) is 8.33. The van der Waals surface area contributed by atoms with E-state index in [9.17, 15) is 14.3 Å². The summed E-state index contributed by atoms with van der Waals surface area (Å²) in [5.41, 5.74) is 0.254. The Kier molecular flexibility index (Phi) is 5.33. The molecule has 1 saturated carbocycles. The van der Waals surface area contributed by atoms with Crippen LogP contribution in [0.5, 0.6) is 5.75 Å². The predicted octanol–water partition coefficient (Wildman–Crippen LogP) is 2.46. The molecular formula is C18H21FN2O4. The minimum atomic E-state index is -0.711. The second-order valence-electron chi connectivity index (χ2n) is 6.26. The highest BCUT2D eigenvalue weighted by molar-refractivity contribution is 5.93. The van der Waals surface area contributed by atoms with Crippen LogP contribution in [0.3, 0.4) is 0 Å². The fourth-order valence-corrected chi connectivity index (χ4v) is 3.10. The van der Waals surface area contributed by atoms with Crippen LogP contribution in [0.2, 0.25) is 0 Å². The quantitative estimate of drug-likeness (QED) is 0.867. The predicted molar refractivity (Wildman–Crippen MR) is 87.7 cm³/mol. The fourth-order valence-electron chi connectivity index (χ4n) is 3.10. The van der Waals surface area contributed by atoms with Crippen molar-refractivity contribution in [2.45, 2.75) is 38.4 Å². The maximum absolute atomic E-state index is 13.0. The Morgan fingerprint density at radius 1 is 1.40 bits per heavy atom. The molecule has 1 aromatic heterocycles. The second-order valence-corrected chi connectivity index (χ2v) is 6.26. The van der Waals surface area contributed by atoms with Crippen molar-refractivity contribution in [3.8, 4) is 5.75 Å². The van der Waals surface area contributed by atoms with E-state index in [-0.39, 0.29) is 29.4 Å². The minimum Gasteiger partial charge on any atom is -0.488 e. The number of carbonyl (C=O) groups is 1. The Labute approximate surface area is 145 Å². The van der Waals surface area contributed by atoms with Crippen molar-refractivity contribution in [1.82, 2.24) is 10.3 Å². The summed E-state index contributed by atoms with van der Waals surface area (Å²) in [5.74, 6) is 0.211. The smallest absolute Gasteiger partial charge is 0.273 e. The number of nitrogens with one attached hydrogen (secondary N) is 1. The number of hydrogen-bond donors (Lipinski definition) is 2. The Balaban J connectivity index is 1.56. The molecule has 1 fully saturated rings. The van der Waals surface area contributed by atoms with Gasteiger partial charge in [0.15, 0.2) is 12.1 Å². The molecule has 1 heterocycles. The summed E-state index contributed by atoms with van der Waals surface area (Å²) >= 11 is 0. The molecule has 0 unspecified atom stereocenters. The van der Waals surface area contributed by atoms with Crippen LogP contribution in [-0.2, 0) is 0 Å². The van der Waals surface area contributed by atoms with Crippen molar-refractivity contribution >= 4 is 5.91 Å². The number of aryl methyl sites for hydroxylation is 1. The summed E-state index contributed by atoms with van der Waals surface area (Å²) < 4.78 is 23.8. The summed E-state index contributed by atoms with van der Waals surface area (Å²) in [4.78, 5) is 16.0. The molecule has 3 atom stereocenters. The van der Waals surface area contributed by atoms with E-state index in [4.69, 9.17) is 9.15 Å². The Morgan fingerprint density at radius 2 is 2.16 bits per heavy atom. The van der Waals surface area contributed by atoms with Crippen LogP contribution in [0.15, 0.2) is 35.1 Å². The van der Waals surface area contributed by atoms with Crippen LogP contribution in [0.25, 0.3) is 0 Å². The molecule has 2 N–H and O–H groups in total. The van der Waals surface area contributed by atoms with Crippen LogP contribution in [-0.4, -0.2) is 34.8 Å². The zero-order valence-electron chi connectivity index (χ0n) is 13.9. The van der Waals surface area contributed by atoms with E-state index >= 15 is 0 Å². The van der Waals surface area contributed by atoms with Crippen LogP contribution < -0.4 is 10.1 Å². The van der Waals surface area contributed by atoms with Gasteiger partial charge in [0, 0.05) is 12.5 Å². The minimum absolute atomic E-state index is 0.115. The second kappa shape index (κ2) is 7.65.